The first-order valence-electron chi connectivity index (χ1n) is 14.2. The second kappa shape index (κ2) is 28.6. The summed E-state index contributed by atoms with van der Waals surface area (Å²) in [4.78, 5) is -0.265. The molecule has 0 aliphatic rings. The third kappa shape index (κ3) is 23.6. The number of phenolic OH excluding ortho intramolecular Hbond substituents is 2. The average Bonchev–Trinajstić information content (AvgIpc) is 3.08. The Morgan fingerprint density at radius 3 is 1.69 bits per heavy atom. The third-order valence-corrected chi connectivity index (χ3v) is 9.89. The molecule has 61 heavy (non-hydrogen) atoms. The van der Waals surface area contributed by atoms with Gasteiger partial charge >= 0.3 is 118 Å². The van der Waals surface area contributed by atoms with E-state index in [0.29, 0.717) is 0 Å². The summed E-state index contributed by atoms with van der Waals surface area (Å²) in [5.74, 6) is -2.92. The molecule has 5 N–H and O–H groups in total. The Kier molecular flexibility index (Phi) is 31.5. The van der Waals surface area contributed by atoms with Gasteiger partial charge in [-0.15, -0.1) is 5.11 Å². The van der Waals surface area contributed by atoms with Gasteiger partial charge in [-0.1, -0.05) is 28.3 Å². The van der Waals surface area contributed by atoms with Crippen LogP contribution in [-0.4, -0.2) is 99.6 Å². The monoisotopic (exact) mass is 1040 g/mol. The van der Waals surface area contributed by atoms with Gasteiger partial charge in [0.05, 0.1) is 29.1 Å². The van der Waals surface area contributed by atoms with Gasteiger partial charge in [0.2, 0.25) is 20.8 Å². The number of aromatic hydroxyl groups is 2. The first-order chi connectivity index (χ1) is 25.6. The van der Waals surface area contributed by atoms with Gasteiger partial charge in [0.25, 0.3) is 0 Å². The first kappa shape index (κ1) is 67.2. The van der Waals surface area contributed by atoms with E-state index in [9.17, 15) is 40.0 Å². The fourth-order valence-corrected chi connectivity index (χ4v) is 6.05. The maximum absolute atomic E-state index is 12.3. The van der Waals surface area contributed by atoms with Crippen LogP contribution in [0.5, 0.6) is 17.2 Å². The van der Waals surface area contributed by atoms with E-state index in [-0.39, 0.29) is 196 Å². The van der Waals surface area contributed by atoms with Crippen LogP contribution in [0.1, 0.15) is 0 Å². The molecule has 0 unspecified atom stereocenters. The fourth-order valence-electron chi connectivity index (χ4n) is 3.97. The predicted molar refractivity (Wildman–Crippen MR) is 192 cm³/mol. The van der Waals surface area contributed by atoms with Crippen molar-refractivity contribution in [1.82, 2.24) is 0 Å². The number of anilines is 1. The molecule has 0 saturated heterocycles. The second-order valence-electron chi connectivity index (χ2n) is 10.2. The van der Waals surface area contributed by atoms with Crippen molar-refractivity contribution in [2.45, 2.75) is 9.79 Å². The maximum Gasteiger partial charge on any atom is 1.00 e. The number of phenols is 2. The first-order valence-corrected chi connectivity index (χ1v) is 21.8. The summed E-state index contributed by atoms with van der Waals surface area (Å²) in [5.41, 5.74) is -0.105. The molecule has 0 amide bonds. The van der Waals surface area contributed by atoms with Crippen molar-refractivity contribution < 1.29 is 215 Å². The number of ether oxygens (including phenoxy) is 1. The summed E-state index contributed by atoms with van der Waals surface area (Å²) in [5, 5.41) is 40.3. The second-order valence-corrected chi connectivity index (χ2v) is 17.5. The summed E-state index contributed by atoms with van der Waals surface area (Å²) in [6.07, 6.45) is 0. The van der Waals surface area contributed by atoms with E-state index < -0.39 is 73.7 Å². The van der Waals surface area contributed by atoms with Crippen LogP contribution >= 0.6 is 0 Å². The number of nitrogens with one attached hydrogen (secondary N) is 1. The molecular weight excluding hydrogens is 1010 g/mol. The number of methoxy groups -OCH3 is 1. The normalized spacial score (nSPS) is 11.5. The van der Waals surface area contributed by atoms with Crippen molar-refractivity contribution in [2.24, 2.45) is 20.5 Å². The Balaban J connectivity index is -0.000000972. The van der Waals surface area contributed by atoms with Gasteiger partial charge in [-0.05, 0) is 30.3 Å². The van der Waals surface area contributed by atoms with Crippen molar-refractivity contribution in [3.63, 3.8) is 0 Å². The number of sulfone groups is 2. The van der Waals surface area contributed by atoms with Gasteiger partial charge in [0, 0.05) is 40.6 Å². The van der Waals surface area contributed by atoms with Gasteiger partial charge in [-0.25, -0.2) is 42.1 Å². The molecule has 319 valence electrons. The largest absolute Gasteiger partial charge is 1.00 e. The molecule has 23 nitrogen and oxygen atoms in total. The Morgan fingerprint density at radius 2 is 1.23 bits per heavy atom. The molecule has 0 aliphatic heterocycles. The average molecular weight is 1040 g/mol. The minimum Gasteiger partial charge on any atom is -0.747 e. The van der Waals surface area contributed by atoms with Crippen molar-refractivity contribution >= 4 is 89.8 Å². The molecule has 4 aromatic rings. The zero-order valence-corrected chi connectivity index (χ0v) is 45.4. The van der Waals surface area contributed by atoms with Crippen LogP contribution in [0.3, 0.4) is 0 Å². The number of rotatable bonds is 12. The van der Waals surface area contributed by atoms with E-state index >= 15 is 0 Å². The van der Waals surface area contributed by atoms with Gasteiger partial charge in [-0.2, -0.15) is 27.5 Å². The summed E-state index contributed by atoms with van der Waals surface area (Å²) in [7, 11) is -20.7. The van der Waals surface area contributed by atoms with Crippen LogP contribution in [0, 0.1) is 19.9 Å². The van der Waals surface area contributed by atoms with Crippen molar-refractivity contribution in [3.05, 3.63) is 74.5 Å². The minimum absolute atomic E-state index is 0. The zero-order valence-electron chi connectivity index (χ0n) is 32.4. The molecule has 33 heteroatoms. The topological polar surface area (TPSA) is 392 Å². The molecule has 0 fully saturated rings. The molecule has 0 aromatic heterocycles. The quantitative estimate of drug-likeness (QED) is 0.0289. The van der Waals surface area contributed by atoms with Crippen LogP contribution < -0.4 is 128 Å². The van der Waals surface area contributed by atoms with Crippen LogP contribution in [0.25, 0.3) is 10.8 Å². The van der Waals surface area contributed by atoms with Gasteiger partial charge in [-0.3, -0.25) is 9.11 Å². The van der Waals surface area contributed by atoms with E-state index in [0.717, 1.165) is 12.1 Å². The van der Waals surface area contributed by atoms with Crippen LogP contribution in [0.4, 0.5) is 28.4 Å². The number of azo groups is 2. The van der Waals surface area contributed by atoms with Gasteiger partial charge in [0.15, 0.2) is 19.7 Å². The molecule has 0 saturated carbocycles. The molecule has 4 rings (SSSR count). The summed E-state index contributed by atoms with van der Waals surface area (Å²) in [6, 6.07) is 14.3. The summed E-state index contributed by atoms with van der Waals surface area (Å²) in [6.45, 7) is 6.76. The van der Waals surface area contributed by atoms with E-state index in [4.69, 9.17) is 39.8 Å². The Bertz CT molecular complexity index is 2670. The van der Waals surface area contributed by atoms with Crippen LogP contribution in [-0.2, 0) is 67.7 Å². The van der Waals surface area contributed by atoms with E-state index in [1.165, 1.54) is 49.6 Å². The number of benzene rings is 4. The van der Waals surface area contributed by atoms with Crippen LogP contribution in [0.15, 0.2) is 84.8 Å². The molecule has 0 heterocycles. The number of hydrogen-bond acceptors (Lipinski definition) is 21. The standard InChI is InChI=1S/C28H26N5O10S3.Cu.4Na.2H2O4S/c1-4-44(36,37)18-8-6-17(7-9-18)30-33-27-19-10-13-22(28(35)20(19)11-12-21(27)29-16-46(40,41)42)31-32-23-14-25(43-3)26(15-24(23)34)45(38,39)5-2;;;;;;2*1-5(2,3)4/h6-12,14-15,29,34-35H,1-2,4-5,16H2,3H3,(H,40,41,42);;;;;;2*(H2,1,2,3,4)/q-3;;4*+1;;/p-3. The van der Waals surface area contributed by atoms with Crippen molar-refractivity contribution in [3.8, 4) is 17.2 Å². The summed E-state index contributed by atoms with van der Waals surface area (Å²) >= 11 is 0. The molecule has 0 spiro atoms. The van der Waals surface area contributed by atoms with Crippen molar-refractivity contribution in [1.29, 1.82) is 0 Å². The molecule has 0 aliphatic carbocycles. The van der Waals surface area contributed by atoms with Crippen LogP contribution in [0.2, 0.25) is 0 Å². The van der Waals surface area contributed by atoms with E-state index in [2.05, 4.69) is 45.7 Å². The van der Waals surface area contributed by atoms with Gasteiger partial charge in [0.1, 0.15) is 38.1 Å². The summed E-state index contributed by atoms with van der Waals surface area (Å²) < 4.78 is 153. The zero-order chi connectivity index (χ0) is 42.9. The maximum atomic E-state index is 12.3. The molecule has 4 aromatic carbocycles. The van der Waals surface area contributed by atoms with E-state index in [1.54, 1.807) is 0 Å². The Morgan fingerprint density at radius 1 is 0.721 bits per heavy atom. The van der Waals surface area contributed by atoms with E-state index in [1.807, 2.05) is 0 Å². The SMILES string of the molecule is O=S(=O)([O-])O.O=S(=O)([O-])O.[CH2-]CS(=O)(=O)c1ccc(N=Nc2c(NCS(=O)(=O)[O-])ccc3c(O)c(N=Nc4cc(OC)c(S(=O)(=O)C[CH2-])cc4O)[c-]cc23)cc1.[Cu].[Na+].[Na+].[Na+].[Na+]. The minimum atomic E-state index is -4.92. The fraction of sp³-hybridized carbons (Fsp3) is 0.143. The Labute approximate surface area is 450 Å². The number of nitrogens with zero attached hydrogens (tertiary/aromatic N) is 4. The molecular formula is C28H27CuN5Na4O18S5-2. The molecule has 0 atom stereocenters. The number of hydrogen-bond donors (Lipinski definition) is 5. The third-order valence-electron chi connectivity index (χ3n) is 6.34. The Hall–Kier alpha value is -0.391. The van der Waals surface area contributed by atoms with Crippen molar-refractivity contribution in [2.75, 3.05) is 29.8 Å². The van der Waals surface area contributed by atoms with Gasteiger partial charge < -0.3 is 47.8 Å². The molecule has 1 radical (unpaired) electrons. The smallest absolute Gasteiger partial charge is 0.747 e. The number of fused-ring (bicyclic) bond motifs is 1. The predicted octanol–water partition coefficient (Wildman–Crippen LogP) is -8.96. The molecule has 0 bridgehead atoms.